The smallest absolute Gasteiger partial charge is 0.108 e. The summed E-state index contributed by atoms with van der Waals surface area (Å²) in [5.41, 5.74) is 2.66. The van der Waals surface area contributed by atoms with Crippen molar-refractivity contribution in [3.05, 3.63) is 59.5 Å². The SMILES string of the molecule is CCN(c1ccccc1)c1ccc(N=O)cc1. The lowest BCUT2D eigenvalue weighted by Crippen LogP contribution is -2.15. The maximum absolute atomic E-state index is 10.4. The first-order chi connectivity index (χ1) is 8.35. The van der Waals surface area contributed by atoms with E-state index in [0.717, 1.165) is 17.9 Å². The summed E-state index contributed by atoms with van der Waals surface area (Å²) in [4.78, 5) is 12.5. The molecule has 2 aromatic rings. The van der Waals surface area contributed by atoms with Gasteiger partial charge in [0.1, 0.15) is 5.69 Å². The Morgan fingerprint density at radius 1 is 0.941 bits per heavy atom. The summed E-state index contributed by atoms with van der Waals surface area (Å²) in [6.07, 6.45) is 0. The van der Waals surface area contributed by atoms with E-state index in [-0.39, 0.29) is 0 Å². The van der Waals surface area contributed by atoms with E-state index < -0.39 is 0 Å². The quantitative estimate of drug-likeness (QED) is 0.730. The molecule has 3 heteroatoms. The molecule has 0 N–H and O–H groups in total. The lowest BCUT2D eigenvalue weighted by Gasteiger charge is -2.23. The van der Waals surface area contributed by atoms with Crippen LogP contribution in [0.4, 0.5) is 17.1 Å². The van der Waals surface area contributed by atoms with E-state index in [1.807, 2.05) is 30.3 Å². The molecule has 0 amide bonds. The second-order valence-electron chi connectivity index (χ2n) is 3.69. The van der Waals surface area contributed by atoms with Crippen molar-refractivity contribution in [2.24, 2.45) is 5.18 Å². The summed E-state index contributed by atoms with van der Waals surface area (Å²) < 4.78 is 0. The van der Waals surface area contributed by atoms with E-state index in [9.17, 15) is 4.91 Å². The molecule has 2 rings (SSSR count). The van der Waals surface area contributed by atoms with Crippen LogP contribution < -0.4 is 4.90 Å². The molecular formula is C14H14N2O. The fourth-order valence-electron chi connectivity index (χ4n) is 1.82. The number of hydrogen-bond donors (Lipinski definition) is 0. The number of hydrogen-bond acceptors (Lipinski definition) is 3. The van der Waals surface area contributed by atoms with Gasteiger partial charge in [-0.2, -0.15) is 0 Å². The van der Waals surface area contributed by atoms with Crippen LogP contribution in [0.3, 0.4) is 0 Å². The van der Waals surface area contributed by atoms with E-state index in [0.29, 0.717) is 5.69 Å². The largest absolute Gasteiger partial charge is 0.342 e. The molecule has 86 valence electrons. The van der Waals surface area contributed by atoms with Crippen LogP contribution >= 0.6 is 0 Å². The fraction of sp³-hybridized carbons (Fsp3) is 0.143. The molecule has 0 aliphatic heterocycles. The minimum Gasteiger partial charge on any atom is -0.342 e. The maximum atomic E-state index is 10.4. The van der Waals surface area contributed by atoms with Crippen molar-refractivity contribution in [1.82, 2.24) is 0 Å². The van der Waals surface area contributed by atoms with Crippen LogP contribution in [0, 0.1) is 4.91 Å². The van der Waals surface area contributed by atoms with Gasteiger partial charge in [0, 0.05) is 17.9 Å². The molecule has 0 atom stereocenters. The van der Waals surface area contributed by atoms with Gasteiger partial charge >= 0.3 is 0 Å². The lowest BCUT2D eigenvalue weighted by atomic mass is 10.2. The third kappa shape index (κ3) is 2.50. The Hall–Kier alpha value is -2.16. The van der Waals surface area contributed by atoms with Crippen molar-refractivity contribution >= 4 is 17.1 Å². The molecule has 0 heterocycles. The molecule has 0 saturated carbocycles. The minimum absolute atomic E-state index is 0.456. The molecule has 17 heavy (non-hydrogen) atoms. The zero-order chi connectivity index (χ0) is 12.1. The predicted octanol–water partition coefficient (Wildman–Crippen LogP) is 4.24. The molecule has 0 saturated heterocycles. The van der Waals surface area contributed by atoms with Crippen molar-refractivity contribution in [3.8, 4) is 0 Å². The highest BCUT2D eigenvalue weighted by Crippen LogP contribution is 2.26. The second kappa shape index (κ2) is 5.25. The monoisotopic (exact) mass is 226 g/mol. The summed E-state index contributed by atoms with van der Waals surface area (Å²) in [7, 11) is 0. The number of anilines is 2. The summed E-state index contributed by atoms with van der Waals surface area (Å²) in [5.74, 6) is 0. The van der Waals surface area contributed by atoms with Gasteiger partial charge in [-0.05, 0) is 48.5 Å². The summed E-state index contributed by atoms with van der Waals surface area (Å²) in [6.45, 7) is 2.97. The topological polar surface area (TPSA) is 32.7 Å². The van der Waals surface area contributed by atoms with Gasteiger partial charge in [0.05, 0.1) is 0 Å². The first kappa shape index (κ1) is 11.3. The molecule has 0 fully saturated rings. The lowest BCUT2D eigenvalue weighted by molar-refractivity contribution is 1.02. The Balaban J connectivity index is 2.32. The zero-order valence-electron chi connectivity index (χ0n) is 9.71. The number of para-hydroxylation sites is 1. The molecule has 3 nitrogen and oxygen atoms in total. The molecule has 0 radical (unpaired) electrons. The molecule has 0 aliphatic carbocycles. The molecule has 0 aromatic heterocycles. The average molecular weight is 226 g/mol. The van der Waals surface area contributed by atoms with Gasteiger partial charge in [-0.15, -0.1) is 4.91 Å². The van der Waals surface area contributed by atoms with Crippen molar-refractivity contribution in [1.29, 1.82) is 0 Å². The van der Waals surface area contributed by atoms with Gasteiger partial charge in [0.2, 0.25) is 0 Å². The van der Waals surface area contributed by atoms with Gasteiger partial charge in [0.25, 0.3) is 0 Å². The van der Waals surface area contributed by atoms with Crippen molar-refractivity contribution in [2.75, 3.05) is 11.4 Å². The van der Waals surface area contributed by atoms with Crippen LogP contribution in [0.2, 0.25) is 0 Å². The first-order valence-corrected chi connectivity index (χ1v) is 5.61. The predicted molar refractivity (Wildman–Crippen MR) is 71.0 cm³/mol. The van der Waals surface area contributed by atoms with Crippen LogP contribution in [0.15, 0.2) is 59.8 Å². The highest BCUT2D eigenvalue weighted by Gasteiger charge is 2.06. The summed E-state index contributed by atoms with van der Waals surface area (Å²) in [5, 5.41) is 2.90. The Morgan fingerprint density at radius 3 is 2.06 bits per heavy atom. The second-order valence-corrected chi connectivity index (χ2v) is 3.69. The molecule has 0 spiro atoms. The van der Waals surface area contributed by atoms with Crippen LogP contribution in [0.5, 0.6) is 0 Å². The normalized spacial score (nSPS) is 9.94. The maximum Gasteiger partial charge on any atom is 0.108 e. The van der Waals surface area contributed by atoms with Gasteiger partial charge in [-0.1, -0.05) is 18.2 Å². The van der Waals surface area contributed by atoms with E-state index in [1.54, 1.807) is 12.1 Å². The van der Waals surface area contributed by atoms with Gasteiger partial charge in [0.15, 0.2) is 0 Å². The number of benzene rings is 2. The summed E-state index contributed by atoms with van der Waals surface area (Å²) in [6, 6.07) is 17.4. The third-order valence-electron chi connectivity index (χ3n) is 2.65. The Labute approximate surface area is 101 Å². The first-order valence-electron chi connectivity index (χ1n) is 5.61. The van der Waals surface area contributed by atoms with Crippen LogP contribution in [0.1, 0.15) is 6.92 Å². The van der Waals surface area contributed by atoms with E-state index in [2.05, 4.69) is 29.1 Å². The van der Waals surface area contributed by atoms with E-state index >= 15 is 0 Å². The van der Waals surface area contributed by atoms with Gasteiger partial charge in [-0.25, -0.2) is 0 Å². The zero-order valence-corrected chi connectivity index (χ0v) is 9.71. The van der Waals surface area contributed by atoms with Gasteiger partial charge < -0.3 is 4.90 Å². The van der Waals surface area contributed by atoms with Crippen LogP contribution in [-0.2, 0) is 0 Å². The van der Waals surface area contributed by atoms with Crippen molar-refractivity contribution in [3.63, 3.8) is 0 Å². The third-order valence-corrected chi connectivity index (χ3v) is 2.65. The average Bonchev–Trinajstić information content (AvgIpc) is 2.42. The summed E-state index contributed by atoms with van der Waals surface area (Å²) >= 11 is 0. The van der Waals surface area contributed by atoms with Gasteiger partial charge in [-0.3, -0.25) is 0 Å². The molecule has 0 unspecified atom stereocenters. The van der Waals surface area contributed by atoms with E-state index in [4.69, 9.17) is 0 Å². The Bertz CT molecular complexity index is 479. The minimum atomic E-state index is 0.456. The van der Waals surface area contributed by atoms with E-state index in [1.165, 1.54) is 0 Å². The van der Waals surface area contributed by atoms with Crippen LogP contribution in [0.25, 0.3) is 0 Å². The highest BCUT2D eigenvalue weighted by atomic mass is 16.3. The molecule has 0 aliphatic rings. The highest BCUT2D eigenvalue weighted by molar-refractivity contribution is 5.64. The fourth-order valence-corrected chi connectivity index (χ4v) is 1.82. The standard InChI is InChI=1S/C14H14N2O/c1-2-16(13-6-4-3-5-7-13)14-10-8-12(15-17)9-11-14/h3-11H,2H2,1H3. The Kier molecular flexibility index (Phi) is 3.50. The van der Waals surface area contributed by atoms with Crippen molar-refractivity contribution < 1.29 is 0 Å². The molecule has 0 bridgehead atoms. The molecular weight excluding hydrogens is 212 g/mol. The molecule has 2 aromatic carbocycles. The number of nitroso groups, excluding NO2 is 1. The Morgan fingerprint density at radius 2 is 1.53 bits per heavy atom. The number of nitrogens with zero attached hydrogens (tertiary/aromatic N) is 2. The van der Waals surface area contributed by atoms with Crippen LogP contribution in [-0.4, -0.2) is 6.54 Å². The van der Waals surface area contributed by atoms with Crippen molar-refractivity contribution in [2.45, 2.75) is 6.92 Å². The number of rotatable bonds is 4.